The minimum Gasteiger partial charge on any atom is -0.506 e. The highest BCUT2D eigenvalue weighted by Gasteiger charge is 2.20. The number of rotatable bonds is 3. The van der Waals surface area contributed by atoms with Gasteiger partial charge in [0.1, 0.15) is 29.6 Å². The molecule has 0 atom stereocenters. The zero-order valence-electron chi connectivity index (χ0n) is 16.5. The maximum atomic E-state index is 14.4. The number of halogens is 2. The van der Waals surface area contributed by atoms with Gasteiger partial charge in [-0.05, 0) is 24.3 Å². The van der Waals surface area contributed by atoms with E-state index in [1.54, 1.807) is 12.1 Å². The van der Waals surface area contributed by atoms with E-state index in [2.05, 4.69) is 19.9 Å². The van der Waals surface area contributed by atoms with Crippen molar-refractivity contribution in [1.29, 1.82) is 0 Å². The van der Waals surface area contributed by atoms with Gasteiger partial charge >= 0.3 is 6.09 Å². The van der Waals surface area contributed by atoms with Crippen molar-refractivity contribution in [3.05, 3.63) is 83.1 Å². The molecule has 0 spiro atoms. The van der Waals surface area contributed by atoms with Crippen LogP contribution in [0.1, 0.15) is 5.82 Å². The molecule has 3 aromatic heterocycles. The molecule has 0 amide bonds. The molecular weight excluding hydrogens is 438 g/mol. The number of fused-ring (bicyclic) bond motifs is 2. The van der Waals surface area contributed by atoms with Crippen LogP contribution in [0.2, 0.25) is 0 Å². The standard InChI is InChI=1S/C21H12F2N6O4/c22-11-4-3-5-12-16(11)20(31)29(13-6-1-2-7-14(13)30)15(27-12)8-33-21(32)28-10-26-17-18(23)24-9-25-19(17)28/h1-7,9-10,30H,8H2. The van der Waals surface area contributed by atoms with E-state index in [-0.39, 0.29) is 39.3 Å². The Kier molecular flexibility index (Phi) is 4.74. The number of nitrogens with zero attached hydrogens (tertiary/aromatic N) is 6. The average Bonchev–Trinajstić information content (AvgIpc) is 3.24. The van der Waals surface area contributed by atoms with E-state index in [1.165, 1.54) is 24.3 Å². The summed E-state index contributed by atoms with van der Waals surface area (Å²) in [4.78, 5) is 41.0. The summed E-state index contributed by atoms with van der Waals surface area (Å²) in [6.45, 7) is -0.540. The van der Waals surface area contributed by atoms with Crippen LogP contribution in [0, 0.1) is 11.8 Å². The van der Waals surface area contributed by atoms with Gasteiger partial charge in [-0.1, -0.05) is 18.2 Å². The lowest BCUT2D eigenvalue weighted by Gasteiger charge is -2.15. The molecule has 0 fully saturated rings. The number of para-hydroxylation sites is 2. The van der Waals surface area contributed by atoms with Gasteiger partial charge in [-0.2, -0.15) is 4.39 Å². The predicted octanol–water partition coefficient (Wildman–Crippen LogP) is 2.69. The summed E-state index contributed by atoms with van der Waals surface area (Å²) in [5, 5.41) is 9.99. The maximum absolute atomic E-state index is 14.4. The van der Waals surface area contributed by atoms with Crippen LogP contribution in [0.4, 0.5) is 13.6 Å². The molecule has 0 bridgehead atoms. The van der Waals surface area contributed by atoms with Gasteiger partial charge in [-0.25, -0.2) is 33.7 Å². The number of aromatic hydroxyl groups is 1. The summed E-state index contributed by atoms with van der Waals surface area (Å²) in [6.07, 6.45) is 0.968. The number of carbonyl (C=O) groups is 1. The lowest BCUT2D eigenvalue weighted by Crippen LogP contribution is -2.26. The third-order valence-corrected chi connectivity index (χ3v) is 4.85. The van der Waals surface area contributed by atoms with Crippen molar-refractivity contribution in [3.8, 4) is 11.4 Å². The molecule has 12 heteroatoms. The first-order valence-corrected chi connectivity index (χ1v) is 9.45. The van der Waals surface area contributed by atoms with Crippen LogP contribution in [-0.4, -0.2) is 40.3 Å². The molecule has 0 saturated heterocycles. The van der Waals surface area contributed by atoms with Gasteiger partial charge in [0.25, 0.3) is 5.56 Å². The van der Waals surface area contributed by atoms with Gasteiger partial charge in [0.05, 0.1) is 11.2 Å². The van der Waals surface area contributed by atoms with Crippen LogP contribution in [0.15, 0.2) is 59.9 Å². The normalized spacial score (nSPS) is 11.2. The van der Waals surface area contributed by atoms with Gasteiger partial charge in [0, 0.05) is 0 Å². The molecule has 0 aliphatic heterocycles. The fourth-order valence-electron chi connectivity index (χ4n) is 3.37. The second-order valence-corrected chi connectivity index (χ2v) is 6.80. The quantitative estimate of drug-likeness (QED) is 0.416. The number of ether oxygens (including phenoxy) is 1. The van der Waals surface area contributed by atoms with Gasteiger partial charge in [-0.3, -0.25) is 9.36 Å². The van der Waals surface area contributed by atoms with E-state index in [0.717, 1.165) is 27.9 Å². The fraction of sp³-hybridized carbons (Fsp3) is 0.0476. The highest BCUT2D eigenvalue weighted by Crippen LogP contribution is 2.23. The SMILES string of the molecule is O=C(OCc1nc2cccc(F)c2c(=O)n1-c1ccccc1O)n1cnc2c(F)ncnc21. The third-order valence-electron chi connectivity index (χ3n) is 4.85. The van der Waals surface area contributed by atoms with Gasteiger partial charge in [-0.15, -0.1) is 0 Å². The molecule has 1 N–H and O–H groups in total. The molecule has 5 aromatic rings. The smallest absolute Gasteiger partial charge is 0.421 e. The molecule has 0 aliphatic carbocycles. The predicted molar refractivity (Wildman–Crippen MR) is 110 cm³/mol. The average molecular weight is 450 g/mol. The van der Waals surface area contributed by atoms with Crippen LogP contribution in [0.3, 0.4) is 0 Å². The number of aromatic nitrogens is 6. The monoisotopic (exact) mass is 450 g/mol. The Labute approximate surface area is 182 Å². The van der Waals surface area contributed by atoms with Gasteiger partial charge in [0.15, 0.2) is 23.6 Å². The second-order valence-electron chi connectivity index (χ2n) is 6.80. The Morgan fingerprint density at radius 2 is 1.88 bits per heavy atom. The van der Waals surface area contributed by atoms with E-state index >= 15 is 0 Å². The lowest BCUT2D eigenvalue weighted by atomic mass is 10.2. The van der Waals surface area contributed by atoms with Crippen LogP contribution >= 0.6 is 0 Å². The van der Waals surface area contributed by atoms with E-state index in [0.29, 0.717) is 0 Å². The van der Waals surface area contributed by atoms with Crippen molar-refractivity contribution in [3.63, 3.8) is 0 Å². The summed E-state index contributed by atoms with van der Waals surface area (Å²) in [7, 11) is 0. The second kappa shape index (κ2) is 7.75. The molecule has 33 heavy (non-hydrogen) atoms. The van der Waals surface area contributed by atoms with Crippen LogP contribution in [0.25, 0.3) is 27.8 Å². The first kappa shape index (κ1) is 20.2. The molecule has 0 aliphatic rings. The Morgan fingerprint density at radius 3 is 2.70 bits per heavy atom. The van der Waals surface area contributed by atoms with Crippen LogP contribution in [-0.2, 0) is 11.3 Å². The highest BCUT2D eigenvalue weighted by molar-refractivity contribution is 5.83. The molecule has 3 heterocycles. The van der Waals surface area contributed by atoms with E-state index < -0.39 is 30.0 Å². The molecule has 0 unspecified atom stereocenters. The van der Waals surface area contributed by atoms with Crippen molar-refractivity contribution in [1.82, 2.24) is 29.1 Å². The molecule has 164 valence electrons. The van der Waals surface area contributed by atoms with Crippen molar-refractivity contribution in [2.24, 2.45) is 0 Å². The summed E-state index contributed by atoms with van der Waals surface area (Å²) in [6, 6.07) is 9.82. The summed E-state index contributed by atoms with van der Waals surface area (Å²) < 4.78 is 35.2. The zero-order valence-corrected chi connectivity index (χ0v) is 16.5. The Morgan fingerprint density at radius 1 is 1.06 bits per heavy atom. The number of imidazole rings is 1. The topological polar surface area (TPSA) is 125 Å². The lowest BCUT2D eigenvalue weighted by molar-refractivity contribution is 0.138. The minimum atomic E-state index is -0.979. The molecule has 0 saturated carbocycles. The van der Waals surface area contributed by atoms with Crippen molar-refractivity contribution in [2.75, 3.05) is 0 Å². The number of hydrogen-bond donors (Lipinski definition) is 1. The molecular formula is C21H12F2N6O4. The number of phenolic OH excluding ortho intramolecular Hbond substituents is 1. The zero-order chi connectivity index (χ0) is 23.1. The Bertz CT molecular complexity index is 1610. The number of hydrogen-bond acceptors (Lipinski definition) is 8. The van der Waals surface area contributed by atoms with Crippen LogP contribution < -0.4 is 5.56 Å². The molecule has 2 aromatic carbocycles. The van der Waals surface area contributed by atoms with Crippen LogP contribution in [0.5, 0.6) is 5.75 Å². The van der Waals surface area contributed by atoms with Crippen molar-refractivity contribution in [2.45, 2.75) is 6.61 Å². The molecule has 0 radical (unpaired) electrons. The molecule has 5 rings (SSSR count). The Hall–Kier alpha value is -4.74. The minimum absolute atomic E-state index is 0.0223. The Balaban J connectivity index is 1.59. The van der Waals surface area contributed by atoms with Gasteiger partial charge in [0.2, 0.25) is 5.95 Å². The van der Waals surface area contributed by atoms with Gasteiger partial charge < -0.3 is 9.84 Å². The van der Waals surface area contributed by atoms with E-state index in [9.17, 15) is 23.5 Å². The number of phenols is 1. The van der Waals surface area contributed by atoms with E-state index in [4.69, 9.17) is 4.74 Å². The van der Waals surface area contributed by atoms with E-state index in [1.807, 2.05) is 0 Å². The number of carbonyl (C=O) groups excluding carboxylic acids is 1. The summed E-state index contributed by atoms with van der Waals surface area (Å²) in [5.41, 5.74) is -1.07. The third kappa shape index (κ3) is 3.33. The molecule has 10 nitrogen and oxygen atoms in total. The number of benzene rings is 2. The first-order valence-electron chi connectivity index (χ1n) is 9.45. The summed E-state index contributed by atoms with van der Waals surface area (Å²) >= 11 is 0. The fourth-order valence-corrected chi connectivity index (χ4v) is 3.37. The maximum Gasteiger partial charge on any atom is 0.421 e. The first-order chi connectivity index (χ1) is 16.0. The van der Waals surface area contributed by atoms with Crippen molar-refractivity contribution < 1.29 is 23.4 Å². The van der Waals surface area contributed by atoms with Crippen molar-refractivity contribution >= 4 is 28.2 Å². The highest BCUT2D eigenvalue weighted by atomic mass is 19.1. The summed E-state index contributed by atoms with van der Waals surface area (Å²) in [5.74, 6) is -2.04. The largest absolute Gasteiger partial charge is 0.506 e.